The van der Waals surface area contributed by atoms with Gasteiger partial charge in [-0.1, -0.05) is 30.3 Å². The highest BCUT2D eigenvalue weighted by Gasteiger charge is 2.54. The molecule has 0 aromatic heterocycles. The lowest BCUT2D eigenvalue weighted by atomic mass is 9.94. The minimum atomic E-state index is -0.396. The van der Waals surface area contributed by atoms with E-state index in [0.717, 1.165) is 32.2 Å². The summed E-state index contributed by atoms with van der Waals surface area (Å²) in [5.41, 5.74) is 0.847. The normalized spacial score (nSPS) is 30.1. The first-order chi connectivity index (χ1) is 9.76. The zero-order valence-electron chi connectivity index (χ0n) is 11.6. The minimum Gasteiger partial charge on any atom is -0.464 e. The van der Waals surface area contributed by atoms with Crippen molar-refractivity contribution in [2.45, 2.75) is 43.8 Å². The van der Waals surface area contributed by atoms with Gasteiger partial charge in [0.15, 0.2) is 0 Å². The molecule has 2 saturated heterocycles. The Labute approximate surface area is 124 Å². The summed E-state index contributed by atoms with van der Waals surface area (Å²) in [4.78, 5) is 14.6. The second-order valence-electron chi connectivity index (χ2n) is 5.70. The molecular formula is C16H20ClNO2. The first-order valence-electron chi connectivity index (χ1n) is 7.30. The van der Waals surface area contributed by atoms with Crippen molar-refractivity contribution >= 4 is 17.6 Å². The molecule has 0 amide bonds. The number of likely N-dealkylation sites (tertiary alicyclic amines) is 1. The lowest BCUT2D eigenvalue weighted by Crippen LogP contribution is -2.50. The molecule has 3 rings (SSSR count). The fourth-order valence-electron chi connectivity index (χ4n) is 3.58. The van der Waals surface area contributed by atoms with E-state index in [2.05, 4.69) is 17.0 Å². The second-order valence-corrected chi connectivity index (χ2v) is 6.08. The van der Waals surface area contributed by atoms with Crippen LogP contribution in [0.4, 0.5) is 0 Å². The van der Waals surface area contributed by atoms with Crippen molar-refractivity contribution in [1.82, 2.24) is 4.90 Å². The smallest absolute Gasteiger partial charge is 0.326 e. The monoisotopic (exact) mass is 293 g/mol. The highest BCUT2D eigenvalue weighted by atomic mass is 35.5. The topological polar surface area (TPSA) is 29.5 Å². The van der Waals surface area contributed by atoms with Crippen LogP contribution < -0.4 is 0 Å². The van der Waals surface area contributed by atoms with Gasteiger partial charge in [0, 0.05) is 24.9 Å². The molecule has 2 atom stereocenters. The summed E-state index contributed by atoms with van der Waals surface area (Å²) in [6.45, 7) is 1.36. The second kappa shape index (κ2) is 5.74. The van der Waals surface area contributed by atoms with Gasteiger partial charge in [-0.3, -0.25) is 9.69 Å². The molecule has 1 unspecified atom stereocenters. The van der Waals surface area contributed by atoms with Crippen molar-refractivity contribution in [2.75, 3.05) is 12.5 Å². The summed E-state index contributed by atoms with van der Waals surface area (Å²) in [6, 6.07) is 10.7. The van der Waals surface area contributed by atoms with Crippen LogP contribution >= 0.6 is 11.6 Å². The van der Waals surface area contributed by atoms with Crippen LogP contribution in [0.2, 0.25) is 0 Å². The predicted octanol–water partition coefficient (Wildman–Crippen LogP) is 2.97. The van der Waals surface area contributed by atoms with Gasteiger partial charge in [0.25, 0.3) is 0 Å². The van der Waals surface area contributed by atoms with E-state index in [1.54, 1.807) is 0 Å². The molecule has 2 aliphatic rings. The van der Waals surface area contributed by atoms with E-state index in [1.807, 2.05) is 18.2 Å². The average Bonchev–Trinajstić information content (AvgIpc) is 3.00. The maximum absolute atomic E-state index is 12.3. The van der Waals surface area contributed by atoms with Crippen LogP contribution in [0.15, 0.2) is 30.3 Å². The summed E-state index contributed by atoms with van der Waals surface area (Å²) in [6.07, 6.45) is 3.69. The molecule has 2 fully saturated rings. The molecule has 0 aliphatic carbocycles. The van der Waals surface area contributed by atoms with Crippen LogP contribution in [0, 0.1) is 0 Å². The number of ether oxygens (including phenoxy) is 1. The maximum Gasteiger partial charge on any atom is 0.326 e. The Morgan fingerprint density at radius 3 is 2.75 bits per heavy atom. The third-order valence-corrected chi connectivity index (χ3v) is 4.87. The number of hydrogen-bond donors (Lipinski definition) is 0. The predicted molar refractivity (Wildman–Crippen MR) is 78.7 cm³/mol. The first kappa shape index (κ1) is 13.9. The third-order valence-electron chi connectivity index (χ3n) is 4.65. The van der Waals surface area contributed by atoms with Gasteiger partial charge in [-0.05, 0) is 24.8 Å². The van der Waals surface area contributed by atoms with Crippen molar-refractivity contribution in [3.63, 3.8) is 0 Å². The molecule has 0 N–H and O–H groups in total. The fourth-order valence-corrected chi connectivity index (χ4v) is 3.83. The van der Waals surface area contributed by atoms with E-state index in [4.69, 9.17) is 16.3 Å². The lowest BCUT2D eigenvalue weighted by Gasteiger charge is -2.35. The largest absolute Gasteiger partial charge is 0.464 e. The molecule has 1 aromatic carbocycles. The Kier molecular flexibility index (Phi) is 3.99. The molecule has 0 saturated carbocycles. The van der Waals surface area contributed by atoms with Gasteiger partial charge in [-0.25, -0.2) is 0 Å². The third kappa shape index (κ3) is 2.33. The van der Waals surface area contributed by atoms with Gasteiger partial charge in [0.2, 0.25) is 0 Å². The van der Waals surface area contributed by atoms with Crippen molar-refractivity contribution < 1.29 is 9.53 Å². The molecule has 20 heavy (non-hydrogen) atoms. The number of carbonyl (C=O) groups excluding carboxylic acids is 1. The quantitative estimate of drug-likeness (QED) is 0.631. The molecule has 2 aliphatic heterocycles. The zero-order chi connectivity index (χ0) is 14.0. The average molecular weight is 294 g/mol. The zero-order valence-corrected chi connectivity index (χ0v) is 12.3. The molecule has 0 bridgehead atoms. The van der Waals surface area contributed by atoms with Crippen LogP contribution in [-0.2, 0) is 16.1 Å². The van der Waals surface area contributed by atoms with Crippen molar-refractivity contribution in [2.24, 2.45) is 0 Å². The molecule has 3 nitrogen and oxygen atoms in total. The number of halogens is 1. The summed E-state index contributed by atoms with van der Waals surface area (Å²) >= 11 is 5.94. The Morgan fingerprint density at radius 1 is 1.30 bits per heavy atom. The number of nitrogens with zero attached hydrogens (tertiary/aromatic N) is 1. The van der Waals surface area contributed by atoms with E-state index in [1.165, 1.54) is 5.56 Å². The Hall–Kier alpha value is -1.06. The first-order valence-corrected chi connectivity index (χ1v) is 7.83. The van der Waals surface area contributed by atoms with Gasteiger partial charge >= 0.3 is 5.97 Å². The minimum absolute atomic E-state index is 0.0366. The number of cyclic esters (lactones) is 1. The van der Waals surface area contributed by atoms with E-state index in [9.17, 15) is 4.79 Å². The Balaban J connectivity index is 1.86. The Morgan fingerprint density at radius 2 is 2.10 bits per heavy atom. The lowest BCUT2D eigenvalue weighted by molar-refractivity contribution is -0.147. The molecular weight excluding hydrogens is 274 g/mol. The standard InChI is InChI=1S/C16H20ClNO2/c17-10-7-14-6-8-16(9-11-20-15(16)19)18(14)12-13-4-2-1-3-5-13/h1-5,14H,6-12H2/t14?,16-/m1/s1. The molecule has 108 valence electrons. The van der Waals surface area contributed by atoms with E-state index in [0.29, 0.717) is 18.5 Å². The van der Waals surface area contributed by atoms with Crippen molar-refractivity contribution in [1.29, 1.82) is 0 Å². The highest BCUT2D eigenvalue weighted by Crippen LogP contribution is 2.42. The number of alkyl halides is 1. The van der Waals surface area contributed by atoms with Gasteiger partial charge in [0.1, 0.15) is 5.54 Å². The van der Waals surface area contributed by atoms with Crippen molar-refractivity contribution in [3.05, 3.63) is 35.9 Å². The van der Waals surface area contributed by atoms with E-state index < -0.39 is 5.54 Å². The fraction of sp³-hybridized carbons (Fsp3) is 0.562. The summed E-state index contributed by atoms with van der Waals surface area (Å²) < 4.78 is 5.27. The van der Waals surface area contributed by atoms with Crippen LogP contribution in [0.1, 0.15) is 31.2 Å². The number of benzene rings is 1. The highest BCUT2D eigenvalue weighted by molar-refractivity contribution is 6.17. The van der Waals surface area contributed by atoms with Gasteiger partial charge in [-0.2, -0.15) is 0 Å². The van der Waals surface area contributed by atoms with Crippen LogP contribution in [0.3, 0.4) is 0 Å². The molecule has 1 aromatic rings. The number of esters is 1. The summed E-state index contributed by atoms with van der Waals surface area (Å²) in [5, 5.41) is 0. The summed E-state index contributed by atoms with van der Waals surface area (Å²) in [7, 11) is 0. The summed E-state index contributed by atoms with van der Waals surface area (Å²) in [5.74, 6) is 0.603. The van der Waals surface area contributed by atoms with Gasteiger partial charge < -0.3 is 4.74 Å². The molecule has 0 radical (unpaired) electrons. The van der Waals surface area contributed by atoms with Gasteiger partial charge in [0.05, 0.1) is 6.61 Å². The van der Waals surface area contributed by atoms with Gasteiger partial charge in [-0.15, -0.1) is 11.6 Å². The number of carbonyl (C=O) groups is 1. The molecule has 1 spiro atoms. The van der Waals surface area contributed by atoms with E-state index >= 15 is 0 Å². The molecule has 2 heterocycles. The van der Waals surface area contributed by atoms with Crippen LogP contribution in [0.25, 0.3) is 0 Å². The molecule has 4 heteroatoms. The number of hydrogen-bond acceptors (Lipinski definition) is 3. The number of rotatable bonds is 4. The van der Waals surface area contributed by atoms with Crippen LogP contribution in [-0.4, -0.2) is 34.9 Å². The van der Waals surface area contributed by atoms with Crippen molar-refractivity contribution in [3.8, 4) is 0 Å². The Bertz CT molecular complexity index is 479. The maximum atomic E-state index is 12.3. The SMILES string of the molecule is O=C1OCC[C@]12CCC(CCCl)N2Cc1ccccc1. The van der Waals surface area contributed by atoms with Crippen LogP contribution in [0.5, 0.6) is 0 Å². The van der Waals surface area contributed by atoms with E-state index in [-0.39, 0.29) is 5.97 Å².